The van der Waals surface area contributed by atoms with Crippen LogP contribution in [0.3, 0.4) is 0 Å². The fourth-order valence-electron chi connectivity index (χ4n) is 2.91. The largest absolute Gasteiger partial charge is 0.465 e. The van der Waals surface area contributed by atoms with Gasteiger partial charge in [-0.1, -0.05) is 12.1 Å². The molecule has 0 bridgehead atoms. The van der Waals surface area contributed by atoms with Crippen LogP contribution in [0.2, 0.25) is 0 Å². The van der Waals surface area contributed by atoms with E-state index in [-0.39, 0.29) is 6.29 Å². The summed E-state index contributed by atoms with van der Waals surface area (Å²) < 4.78 is 16.5. The molecule has 124 valence electrons. The van der Waals surface area contributed by atoms with Gasteiger partial charge < -0.3 is 19.9 Å². The van der Waals surface area contributed by atoms with E-state index >= 15 is 0 Å². The van der Waals surface area contributed by atoms with Crippen molar-refractivity contribution in [3.05, 3.63) is 29.8 Å². The van der Waals surface area contributed by atoms with Gasteiger partial charge in [0.05, 0.1) is 13.2 Å². The molecule has 22 heavy (non-hydrogen) atoms. The van der Waals surface area contributed by atoms with Gasteiger partial charge in [-0.3, -0.25) is 0 Å². The Kier molecular flexibility index (Phi) is 7.16. The molecule has 1 unspecified atom stereocenters. The van der Waals surface area contributed by atoms with Gasteiger partial charge in [0.25, 0.3) is 0 Å². The van der Waals surface area contributed by atoms with Crippen molar-refractivity contribution in [2.24, 2.45) is 5.73 Å². The zero-order valence-corrected chi connectivity index (χ0v) is 13.8. The van der Waals surface area contributed by atoms with Crippen LogP contribution in [-0.4, -0.2) is 32.2 Å². The molecular weight excluding hydrogens is 278 g/mol. The number of nitrogens with two attached hydrogens (primary N) is 1. The van der Waals surface area contributed by atoms with Crippen LogP contribution >= 0.6 is 0 Å². The highest BCUT2D eigenvalue weighted by atomic mass is 16.7. The SMILES string of the molecule is CCOCCOC(C)Oc1ccc(C2CCC(N)CC2)cc1. The fourth-order valence-corrected chi connectivity index (χ4v) is 2.91. The lowest BCUT2D eigenvalue weighted by Gasteiger charge is -2.26. The Labute approximate surface area is 133 Å². The molecular formula is C18H29NO3. The first kappa shape index (κ1) is 17.3. The van der Waals surface area contributed by atoms with Crippen molar-refractivity contribution >= 4 is 0 Å². The number of hydrogen-bond donors (Lipinski definition) is 1. The van der Waals surface area contributed by atoms with Crippen LogP contribution < -0.4 is 10.5 Å². The van der Waals surface area contributed by atoms with E-state index in [9.17, 15) is 0 Å². The molecule has 1 atom stereocenters. The zero-order valence-electron chi connectivity index (χ0n) is 13.8. The smallest absolute Gasteiger partial charge is 0.197 e. The van der Waals surface area contributed by atoms with Crippen LogP contribution in [0.4, 0.5) is 0 Å². The fraction of sp³-hybridized carbons (Fsp3) is 0.667. The first-order valence-electron chi connectivity index (χ1n) is 8.40. The maximum Gasteiger partial charge on any atom is 0.197 e. The second-order valence-electron chi connectivity index (χ2n) is 5.93. The number of benzene rings is 1. The van der Waals surface area contributed by atoms with Crippen LogP contribution in [0.15, 0.2) is 24.3 Å². The summed E-state index contributed by atoms with van der Waals surface area (Å²) in [6, 6.07) is 8.81. The molecule has 0 aliphatic heterocycles. The van der Waals surface area contributed by atoms with E-state index in [4.69, 9.17) is 19.9 Å². The van der Waals surface area contributed by atoms with Gasteiger partial charge in [0.15, 0.2) is 6.29 Å². The molecule has 2 rings (SSSR count). The number of hydrogen-bond acceptors (Lipinski definition) is 4. The Bertz CT molecular complexity index is 413. The molecule has 0 aromatic heterocycles. The van der Waals surface area contributed by atoms with Gasteiger partial charge in [-0.05, 0) is 63.1 Å². The summed E-state index contributed by atoms with van der Waals surface area (Å²) >= 11 is 0. The molecule has 1 aromatic rings. The topological polar surface area (TPSA) is 53.7 Å². The van der Waals surface area contributed by atoms with Crippen molar-refractivity contribution in [2.45, 2.75) is 57.8 Å². The lowest BCUT2D eigenvalue weighted by Crippen LogP contribution is -2.25. The average molecular weight is 307 g/mol. The highest BCUT2D eigenvalue weighted by Gasteiger charge is 2.19. The Hall–Kier alpha value is -1.10. The van der Waals surface area contributed by atoms with Crippen molar-refractivity contribution in [3.8, 4) is 5.75 Å². The number of rotatable bonds is 8. The molecule has 2 N–H and O–H groups in total. The minimum Gasteiger partial charge on any atom is -0.465 e. The molecule has 1 saturated carbocycles. The molecule has 0 radical (unpaired) electrons. The molecule has 0 amide bonds. The molecule has 0 heterocycles. The molecule has 1 aliphatic rings. The highest BCUT2D eigenvalue weighted by Crippen LogP contribution is 2.33. The third kappa shape index (κ3) is 5.59. The maximum atomic E-state index is 5.97. The predicted octanol–water partition coefficient (Wildman–Crippen LogP) is 3.45. The quantitative estimate of drug-likeness (QED) is 0.590. The van der Waals surface area contributed by atoms with Crippen LogP contribution in [0.5, 0.6) is 5.75 Å². The van der Waals surface area contributed by atoms with E-state index < -0.39 is 0 Å². The van der Waals surface area contributed by atoms with Crippen LogP contribution in [-0.2, 0) is 9.47 Å². The summed E-state index contributed by atoms with van der Waals surface area (Å²) in [4.78, 5) is 0. The standard InChI is InChI=1S/C18H29NO3/c1-3-20-12-13-21-14(2)22-18-10-6-16(7-11-18)15-4-8-17(19)9-5-15/h6-7,10-11,14-15,17H,3-5,8-9,12-13,19H2,1-2H3. The molecule has 4 nitrogen and oxygen atoms in total. The summed E-state index contributed by atoms with van der Waals surface area (Å²) in [5.74, 6) is 1.49. The molecule has 0 saturated heterocycles. The van der Waals surface area contributed by atoms with E-state index in [0.717, 1.165) is 18.6 Å². The van der Waals surface area contributed by atoms with Crippen LogP contribution in [0.25, 0.3) is 0 Å². The normalized spacial score (nSPS) is 23.2. The highest BCUT2D eigenvalue weighted by molar-refractivity contribution is 5.29. The monoisotopic (exact) mass is 307 g/mol. The average Bonchev–Trinajstić information content (AvgIpc) is 2.53. The van der Waals surface area contributed by atoms with Crippen molar-refractivity contribution in [3.63, 3.8) is 0 Å². The third-order valence-corrected chi connectivity index (χ3v) is 4.21. The minimum atomic E-state index is -0.265. The molecule has 4 heteroatoms. The van der Waals surface area contributed by atoms with Gasteiger partial charge in [0.2, 0.25) is 0 Å². The summed E-state index contributed by atoms with van der Waals surface area (Å²) in [7, 11) is 0. The minimum absolute atomic E-state index is 0.265. The Morgan fingerprint density at radius 2 is 1.77 bits per heavy atom. The van der Waals surface area contributed by atoms with E-state index in [1.54, 1.807) is 0 Å². The predicted molar refractivity (Wildman–Crippen MR) is 88.2 cm³/mol. The van der Waals surface area contributed by atoms with Crippen molar-refractivity contribution in [1.82, 2.24) is 0 Å². The second kappa shape index (κ2) is 9.13. The summed E-state index contributed by atoms with van der Waals surface area (Å²) in [5, 5.41) is 0. The molecule has 1 aromatic carbocycles. The summed E-state index contributed by atoms with van der Waals surface area (Å²) in [5.41, 5.74) is 7.36. The van der Waals surface area contributed by atoms with Gasteiger partial charge in [0.1, 0.15) is 5.75 Å². The van der Waals surface area contributed by atoms with E-state index in [1.165, 1.54) is 18.4 Å². The maximum absolute atomic E-state index is 5.97. The van der Waals surface area contributed by atoms with Crippen molar-refractivity contribution in [2.75, 3.05) is 19.8 Å². The summed E-state index contributed by atoms with van der Waals surface area (Å²) in [6.07, 6.45) is 4.39. The van der Waals surface area contributed by atoms with E-state index in [0.29, 0.717) is 31.8 Å². The zero-order chi connectivity index (χ0) is 15.8. The van der Waals surface area contributed by atoms with Crippen molar-refractivity contribution < 1.29 is 14.2 Å². The summed E-state index contributed by atoms with van der Waals surface area (Å²) in [6.45, 7) is 5.75. The lowest BCUT2D eigenvalue weighted by molar-refractivity contribution is -0.0825. The Balaban J connectivity index is 1.76. The number of ether oxygens (including phenoxy) is 3. The van der Waals surface area contributed by atoms with Gasteiger partial charge >= 0.3 is 0 Å². The molecule has 1 aliphatic carbocycles. The van der Waals surface area contributed by atoms with Crippen molar-refractivity contribution in [1.29, 1.82) is 0 Å². The third-order valence-electron chi connectivity index (χ3n) is 4.21. The second-order valence-corrected chi connectivity index (χ2v) is 5.93. The molecule has 0 spiro atoms. The van der Waals surface area contributed by atoms with Gasteiger partial charge in [-0.15, -0.1) is 0 Å². The lowest BCUT2D eigenvalue weighted by atomic mass is 9.82. The van der Waals surface area contributed by atoms with E-state index in [2.05, 4.69) is 12.1 Å². The van der Waals surface area contributed by atoms with Crippen LogP contribution in [0.1, 0.15) is 51.0 Å². The van der Waals surface area contributed by atoms with Crippen LogP contribution in [0, 0.1) is 0 Å². The first-order chi connectivity index (χ1) is 10.7. The van der Waals surface area contributed by atoms with Gasteiger partial charge in [0, 0.05) is 12.6 Å². The van der Waals surface area contributed by atoms with E-state index in [1.807, 2.05) is 26.0 Å². The first-order valence-corrected chi connectivity index (χ1v) is 8.40. The Morgan fingerprint density at radius 1 is 1.09 bits per heavy atom. The molecule has 1 fully saturated rings. The van der Waals surface area contributed by atoms with Gasteiger partial charge in [-0.2, -0.15) is 0 Å². The Morgan fingerprint density at radius 3 is 2.41 bits per heavy atom. The van der Waals surface area contributed by atoms with Gasteiger partial charge in [-0.25, -0.2) is 0 Å².